The Hall–Kier alpha value is -0.380. The van der Waals surface area contributed by atoms with Crippen molar-refractivity contribution in [2.24, 2.45) is 0 Å². The molecular weight excluding hydrogens is 228 g/mol. The Labute approximate surface area is 109 Å². The number of hydrogen-bond acceptors (Lipinski definition) is 3. The van der Waals surface area contributed by atoms with Crippen molar-refractivity contribution in [3.8, 4) is 0 Å². The lowest BCUT2D eigenvalue weighted by Gasteiger charge is -2.34. The number of nitrogens with zero attached hydrogens (tertiary/aromatic N) is 1. The predicted molar refractivity (Wildman–Crippen MR) is 75.5 cm³/mol. The minimum absolute atomic E-state index is 0.769. The maximum absolute atomic E-state index is 3.57. The van der Waals surface area contributed by atoms with Crippen molar-refractivity contribution in [1.29, 1.82) is 0 Å². The molecule has 0 spiro atoms. The molecule has 1 aromatic heterocycles. The van der Waals surface area contributed by atoms with Crippen LogP contribution in [0.1, 0.15) is 38.2 Å². The van der Waals surface area contributed by atoms with Crippen molar-refractivity contribution in [1.82, 2.24) is 10.2 Å². The molecule has 0 radical (unpaired) electrons. The SMILES string of the molecule is CCNC1CCC(N(C)Cc2ccsc2)CC1. The summed E-state index contributed by atoms with van der Waals surface area (Å²) >= 11 is 1.80. The highest BCUT2D eigenvalue weighted by Crippen LogP contribution is 2.23. The molecular formula is C14H24N2S. The van der Waals surface area contributed by atoms with E-state index in [9.17, 15) is 0 Å². The zero-order valence-electron chi connectivity index (χ0n) is 11.0. The van der Waals surface area contributed by atoms with Crippen LogP contribution in [0.3, 0.4) is 0 Å². The predicted octanol–water partition coefficient (Wildman–Crippen LogP) is 3.10. The first-order valence-electron chi connectivity index (χ1n) is 6.74. The fourth-order valence-electron chi connectivity index (χ4n) is 2.81. The number of hydrogen-bond donors (Lipinski definition) is 1. The van der Waals surface area contributed by atoms with Crippen LogP contribution in [0, 0.1) is 0 Å². The Morgan fingerprint density at radius 2 is 2.12 bits per heavy atom. The molecule has 1 heterocycles. The van der Waals surface area contributed by atoms with E-state index in [1.54, 1.807) is 11.3 Å². The first kappa shape index (κ1) is 13.1. The molecule has 2 rings (SSSR count). The minimum atomic E-state index is 0.769. The maximum Gasteiger partial charge on any atom is 0.0241 e. The highest BCUT2D eigenvalue weighted by Gasteiger charge is 2.23. The van der Waals surface area contributed by atoms with E-state index in [4.69, 9.17) is 0 Å². The summed E-state index contributed by atoms with van der Waals surface area (Å²) in [5.74, 6) is 0. The van der Waals surface area contributed by atoms with Crippen molar-refractivity contribution in [3.05, 3.63) is 22.4 Å². The first-order chi connectivity index (χ1) is 8.29. The van der Waals surface area contributed by atoms with Gasteiger partial charge in [-0.15, -0.1) is 0 Å². The first-order valence-corrected chi connectivity index (χ1v) is 7.68. The van der Waals surface area contributed by atoms with Crippen LogP contribution in [-0.4, -0.2) is 30.6 Å². The van der Waals surface area contributed by atoms with Crippen molar-refractivity contribution >= 4 is 11.3 Å². The van der Waals surface area contributed by atoms with Gasteiger partial charge in [0.2, 0.25) is 0 Å². The Kier molecular flexibility index (Phi) is 5.01. The van der Waals surface area contributed by atoms with E-state index >= 15 is 0 Å². The molecule has 0 saturated heterocycles. The number of thiophene rings is 1. The van der Waals surface area contributed by atoms with Crippen molar-refractivity contribution in [2.75, 3.05) is 13.6 Å². The fraction of sp³-hybridized carbons (Fsp3) is 0.714. The third kappa shape index (κ3) is 3.80. The monoisotopic (exact) mass is 252 g/mol. The molecule has 1 N–H and O–H groups in total. The van der Waals surface area contributed by atoms with Crippen molar-refractivity contribution < 1.29 is 0 Å². The lowest BCUT2D eigenvalue weighted by Crippen LogP contribution is -2.40. The van der Waals surface area contributed by atoms with E-state index in [1.165, 1.54) is 31.2 Å². The summed E-state index contributed by atoms with van der Waals surface area (Å²) in [4.78, 5) is 2.53. The van der Waals surface area contributed by atoms with E-state index in [1.807, 2.05) is 0 Å². The summed E-state index contributed by atoms with van der Waals surface area (Å²) in [6.45, 7) is 4.43. The highest BCUT2D eigenvalue weighted by molar-refractivity contribution is 7.07. The maximum atomic E-state index is 3.57. The van der Waals surface area contributed by atoms with Gasteiger partial charge < -0.3 is 5.32 Å². The second-order valence-electron chi connectivity index (χ2n) is 5.11. The van der Waals surface area contributed by atoms with E-state index < -0.39 is 0 Å². The second kappa shape index (κ2) is 6.53. The molecule has 1 saturated carbocycles. The average Bonchev–Trinajstić information content (AvgIpc) is 2.83. The molecule has 1 aliphatic rings. The van der Waals surface area contributed by atoms with E-state index in [0.717, 1.165) is 25.2 Å². The fourth-order valence-corrected chi connectivity index (χ4v) is 3.47. The van der Waals surface area contributed by atoms with Gasteiger partial charge in [-0.2, -0.15) is 11.3 Å². The third-order valence-corrected chi connectivity index (χ3v) is 4.56. The van der Waals surface area contributed by atoms with Gasteiger partial charge in [-0.3, -0.25) is 4.90 Å². The molecule has 1 aliphatic carbocycles. The lowest BCUT2D eigenvalue weighted by atomic mass is 9.90. The zero-order valence-corrected chi connectivity index (χ0v) is 11.8. The molecule has 0 atom stereocenters. The summed E-state index contributed by atoms with van der Waals surface area (Å²) in [6.07, 6.45) is 5.37. The third-order valence-electron chi connectivity index (χ3n) is 3.82. The van der Waals surface area contributed by atoms with Gasteiger partial charge in [0.15, 0.2) is 0 Å². The molecule has 1 aromatic rings. The largest absolute Gasteiger partial charge is 0.314 e. The smallest absolute Gasteiger partial charge is 0.0241 e. The molecule has 2 nitrogen and oxygen atoms in total. The van der Waals surface area contributed by atoms with Crippen molar-refractivity contribution in [2.45, 2.75) is 51.2 Å². The van der Waals surface area contributed by atoms with Gasteiger partial charge in [0.05, 0.1) is 0 Å². The lowest BCUT2D eigenvalue weighted by molar-refractivity contribution is 0.168. The van der Waals surface area contributed by atoms with Crippen LogP contribution < -0.4 is 5.32 Å². The van der Waals surface area contributed by atoms with Crippen LogP contribution in [0.2, 0.25) is 0 Å². The Morgan fingerprint density at radius 3 is 2.71 bits per heavy atom. The van der Waals surface area contributed by atoms with Crippen LogP contribution in [0.15, 0.2) is 16.8 Å². The molecule has 17 heavy (non-hydrogen) atoms. The molecule has 0 unspecified atom stereocenters. The standard InChI is InChI=1S/C14H24N2S/c1-3-15-13-4-6-14(7-5-13)16(2)10-12-8-9-17-11-12/h8-9,11,13-15H,3-7,10H2,1-2H3. The minimum Gasteiger partial charge on any atom is -0.314 e. The normalized spacial score (nSPS) is 25.4. The summed E-state index contributed by atoms with van der Waals surface area (Å²) in [5, 5.41) is 8.01. The Balaban J connectivity index is 1.76. The second-order valence-corrected chi connectivity index (χ2v) is 5.89. The summed E-state index contributed by atoms with van der Waals surface area (Å²) in [7, 11) is 2.27. The zero-order chi connectivity index (χ0) is 12.1. The number of rotatable bonds is 5. The van der Waals surface area contributed by atoms with Gasteiger partial charge in [-0.1, -0.05) is 6.92 Å². The summed E-state index contributed by atoms with van der Waals surface area (Å²) < 4.78 is 0. The van der Waals surface area contributed by atoms with Gasteiger partial charge in [0.25, 0.3) is 0 Å². The molecule has 0 aliphatic heterocycles. The van der Waals surface area contributed by atoms with Gasteiger partial charge in [0.1, 0.15) is 0 Å². The Morgan fingerprint density at radius 1 is 1.35 bits per heavy atom. The molecule has 3 heteroatoms. The molecule has 96 valence electrons. The topological polar surface area (TPSA) is 15.3 Å². The van der Waals surface area contributed by atoms with Gasteiger partial charge in [-0.25, -0.2) is 0 Å². The summed E-state index contributed by atoms with van der Waals surface area (Å²) in [5.41, 5.74) is 1.46. The molecule has 0 bridgehead atoms. The van der Waals surface area contributed by atoms with E-state index in [2.05, 4.69) is 41.0 Å². The van der Waals surface area contributed by atoms with Crippen LogP contribution in [0.4, 0.5) is 0 Å². The molecule has 0 aromatic carbocycles. The van der Waals surface area contributed by atoms with Gasteiger partial charge >= 0.3 is 0 Å². The van der Waals surface area contributed by atoms with E-state index in [0.29, 0.717) is 0 Å². The van der Waals surface area contributed by atoms with Crippen LogP contribution in [0.25, 0.3) is 0 Å². The van der Waals surface area contributed by atoms with Crippen LogP contribution >= 0.6 is 11.3 Å². The molecule has 0 amide bonds. The van der Waals surface area contributed by atoms with Crippen LogP contribution in [-0.2, 0) is 6.54 Å². The Bertz CT molecular complexity index is 302. The highest BCUT2D eigenvalue weighted by atomic mass is 32.1. The molecule has 1 fully saturated rings. The number of nitrogens with one attached hydrogen (secondary N) is 1. The van der Waals surface area contributed by atoms with Crippen molar-refractivity contribution in [3.63, 3.8) is 0 Å². The average molecular weight is 252 g/mol. The van der Waals surface area contributed by atoms with Gasteiger partial charge in [0, 0.05) is 18.6 Å². The van der Waals surface area contributed by atoms with E-state index in [-0.39, 0.29) is 0 Å². The van der Waals surface area contributed by atoms with Gasteiger partial charge in [-0.05, 0) is 61.7 Å². The van der Waals surface area contributed by atoms with Crippen LogP contribution in [0.5, 0.6) is 0 Å². The quantitative estimate of drug-likeness (QED) is 0.866. The summed E-state index contributed by atoms with van der Waals surface area (Å²) in [6, 6.07) is 3.79.